The third kappa shape index (κ3) is 5.06. The van der Waals surface area contributed by atoms with Gasteiger partial charge in [0, 0.05) is 6.08 Å². The maximum absolute atomic E-state index is 14.8. The second-order valence-corrected chi connectivity index (χ2v) is 10.0. The van der Waals surface area contributed by atoms with Crippen molar-refractivity contribution in [3.8, 4) is 5.75 Å². The lowest BCUT2D eigenvalue weighted by Gasteiger charge is -2.38. The highest BCUT2D eigenvalue weighted by atomic mass is 31.2. The van der Waals surface area contributed by atoms with Crippen molar-refractivity contribution in [2.75, 3.05) is 12.1 Å². The maximum atomic E-state index is 14.8. The van der Waals surface area contributed by atoms with Crippen LogP contribution in [-0.2, 0) is 23.5 Å². The molecule has 2 aliphatic heterocycles. The van der Waals surface area contributed by atoms with Gasteiger partial charge in [-0.05, 0) is 26.0 Å². The zero-order valence-electron chi connectivity index (χ0n) is 18.9. The van der Waals surface area contributed by atoms with Gasteiger partial charge in [0.1, 0.15) is 17.6 Å². The van der Waals surface area contributed by atoms with Crippen LogP contribution in [0.5, 0.6) is 5.75 Å². The first-order valence-corrected chi connectivity index (χ1v) is 12.6. The number of fused-ring (bicyclic) bond motifs is 1. The summed E-state index contributed by atoms with van der Waals surface area (Å²) in [7, 11) is -3.67. The molecule has 0 spiro atoms. The molecular formula is C21H24FN6O6P. The molecule has 0 amide bonds. The van der Waals surface area contributed by atoms with Crippen LogP contribution in [0.25, 0.3) is 11.2 Å². The number of ether oxygens (including phenoxy) is 4. The molecule has 4 heterocycles. The van der Waals surface area contributed by atoms with Gasteiger partial charge >= 0.3 is 7.52 Å². The number of halogens is 1. The Morgan fingerprint density at radius 1 is 1.23 bits per heavy atom. The molecule has 3 aromatic rings. The van der Waals surface area contributed by atoms with E-state index in [4.69, 9.17) is 29.2 Å². The van der Waals surface area contributed by atoms with Gasteiger partial charge in [0.05, 0.1) is 12.4 Å². The molecule has 3 N–H and O–H groups in total. The van der Waals surface area contributed by atoms with Crippen molar-refractivity contribution < 1.29 is 32.4 Å². The normalized spacial score (nSPS) is 26.7. The zero-order chi connectivity index (χ0) is 24.6. The Balaban J connectivity index is 1.28. The van der Waals surface area contributed by atoms with Crippen molar-refractivity contribution in [1.82, 2.24) is 24.6 Å². The van der Waals surface area contributed by atoms with Gasteiger partial charge in [-0.2, -0.15) is 0 Å². The number of imidazole rings is 1. The summed E-state index contributed by atoms with van der Waals surface area (Å²) in [5.74, 6) is -0.0918. The van der Waals surface area contributed by atoms with Crippen molar-refractivity contribution in [3.63, 3.8) is 0 Å². The Hall–Kier alpha value is -2.93. The second kappa shape index (κ2) is 9.61. The Kier molecular flexibility index (Phi) is 6.53. The minimum Gasteiger partial charge on any atom is -0.431 e. The summed E-state index contributed by atoms with van der Waals surface area (Å²) in [4.78, 5) is 12.1. The molecule has 0 saturated carbocycles. The fraction of sp³-hybridized carbons (Fsp3) is 0.381. The van der Waals surface area contributed by atoms with E-state index in [9.17, 15) is 8.96 Å². The van der Waals surface area contributed by atoms with Crippen LogP contribution >= 0.6 is 7.52 Å². The van der Waals surface area contributed by atoms with Crippen LogP contribution in [0, 0.1) is 0 Å². The van der Waals surface area contributed by atoms with E-state index in [0.717, 1.165) is 6.08 Å². The highest BCUT2D eigenvalue weighted by Gasteiger charge is 2.39. The van der Waals surface area contributed by atoms with E-state index >= 15 is 0 Å². The Bertz CT molecular complexity index is 1270. The standard InChI is InChI=1S/C21H24FN6O6P/c1-12(21-31-13(2)32-21)27-35(29,34-14-6-4-3-5-7-14)11-30-16-8-15(22)20(33-16)28-10-26-17-18(23)24-9-25-19(17)28/h3-10,12-13,16,20-21H,11H2,1-2H3,(H,27,29)(H2,23,24,25). The second-order valence-electron chi connectivity index (χ2n) is 7.99. The first-order chi connectivity index (χ1) is 16.8. The third-order valence-electron chi connectivity index (χ3n) is 5.30. The molecule has 2 aromatic heterocycles. The molecule has 1 fully saturated rings. The van der Waals surface area contributed by atoms with Crippen LogP contribution < -0.4 is 15.3 Å². The van der Waals surface area contributed by atoms with Gasteiger partial charge in [0.25, 0.3) is 0 Å². The molecule has 4 unspecified atom stereocenters. The Labute approximate surface area is 199 Å². The summed E-state index contributed by atoms with van der Waals surface area (Å²) in [5, 5.41) is 2.91. The van der Waals surface area contributed by atoms with Gasteiger partial charge in [0.2, 0.25) is 0 Å². The van der Waals surface area contributed by atoms with Gasteiger partial charge in [-0.15, -0.1) is 0 Å². The predicted molar refractivity (Wildman–Crippen MR) is 121 cm³/mol. The minimum atomic E-state index is -3.67. The molecule has 0 radical (unpaired) electrons. The molecule has 5 rings (SSSR count). The highest BCUT2D eigenvalue weighted by molar-refractivity contribution is 7.57. The molecule has 4 atom stereocenters. The SMILES string of the molecule is CC1OC(C(C)NP(=O)(COC2C=C(F)C(n3cnc4c(N)ncnc43)O2)Oc2ccccc2)O1. The number of nitrogens with zero attached hydrogens (tertiary/aromatic N) is 4. The van der Waals surface area contributed by atoms with Crippen LogP contribution in [-0.4, -0.2) is 50.8 Å². The largest absolute Gasteiger partial charge is 0.431 e. The molecule has 0 aliphatic carbocycles. The molecule has 12 nitrogen and oxygen atoms in total. The lowest BCUT2D eigenvalue weighted by Crippen LogP contribution is -2.50. The fourth-order valence-electron chi connectivity index (χ4n) is 3.68. The smallest absolute Gasteiger partial charge is 0.342 e. The number of nitrogens with two attached hydrogens (primary N) is 1. The summed E-state index contributed by atoms with van der Waals surface area (Å²) in [5.41, 5.74) is 6.42. The summed E-state index contributed by atoms with van der Waals surface area (Å²) < 4.78 is 57.9. The number of hydrogen-bond acceptors (Lipinski definition) is 10. The summed E-state index contributed by atoms with van der Waals surface area (Å²) >= 11 is 0. The van der Waals surface area contributed by atoms with Crippen molar-refractivity contribution in [2.45, 2.75) is 45.0 Å². The molecule has 35 heavy (non-hydrogen) atoms. The lowest BCUT2D eigenvalue weighted by molar-refractivity contribution is -0.381. The number of benzene rings is 1. The molecule has 0 bridgehead atoms. The van der Waals surface area contributed by atoms with Crippen LogP contribution in [0.4, 0.5) is 10.2 Å². The highest BCUT2D eigenvalue weighted by Crippen LogP contribution is 2.45. The van der Waals surface area contributed by atoms with Crippen LogP contribution in [0.1, 0.15) is 20.1 Å². The summed E-state index contributed by atoms with van der Waals surface area (Å²) in [6, 6.07) is 8.15. The van der Waals surface area contributed by atoms with E-state index in [2.05, 4.69) is 20.0 Å². The maximum Gasteiger partial charge on any atom is 0.342 e. The van der Waals surface area contributed by atoms with Crippen molar-refractivity contribution in [2.24, 2.45) is 0 Å². The first kappa shape index (κ1) is 23.8. The van der Waals surface area contributed by atoms with Gasteiger partial charge in [0.15, 0.2) is 48.7 Å². The fourth-order valence-corrected chi connectivity index (χ4v) is 5.41. The first-order valence-electron chi connectivity index (χ1n) is 10.8. The van der Waals surface area contributed by atoms with Gasteiger partial charge in [-0.3, -0.25) is 9.13 Å². The van der Waals surface area contributed by atoms with E-state index in [-0.39, 0.29) is 12.1 Å². The number of rotatable bonds is 9. The monoisotopic (exact) mass is 506 g/mol. The minimum absolute atomic E-state index is 0.164. The quantitative estimate of drug-likeness (QED) is 0.413. The average Bonchev–Trinajstić information content (AvgIpc) is 3.40. The van der Waals surface area contributed by atoms with Gasteiger partial charge in [-0.25, -0.2) is 24.4 Å². The van der Waals surface area contributed by atoms with Gasteiger partial charge < -0.3 is 29.2 Å². The Morgan fingerprint density at radius 3 is 2.74 bits per heavy atom. The van der Waals surface area contributed by atoms with E-state index in [1.165, 1.54) is 17.2 Å². The van der Waals surface area contributed by atoms with Crippen LogP contribution in [0.3, 0.4) is 0 Å². The van der Waals surface area contributed by atoms with E-state index in [1.807, 2.05) is 0 Å². The number of nitrogens with one attached hydrogen (secondary N) is 1. The third-order valence-corrected chi connectivity index (χ3v) is 7.09. The molecular weight excluding hydrogens is 482 g/mol. The van der Waals surface area contributed by atoms with E-state index in [1.54, 1.807) is 44.2 Å². The number of para-hydroxylation sites is 1. The van der Waals surface area contributed by atoms with E-state index in [0.29, 0.717) is 16.9 Å². The average molecular weight is 506 g/mol. The zero-order valence-corrected chi connectivity index (χ0v) is 19.7. The predicted octanol–water partition coefficient (Wildman–Crippen LogP) is 3.06. The number of nitrogen functional groups attached to an aromatic ring is 1. The van der Waals surface area contributed by atoms with Gasteiger partial charge in [-0.1, -0.05) is 18.2 Å². The number of hydrogen-bond donors (Lipinski definition) is 2. The molecule has 14 heteroatoms. The van der Waals surface area contributed by atoms with Crippen LogP contribution in [0.2, 0.25) is 0 Å². The Morgan fingerprint density at radius 2 is 2.00 bits per heavy atom. The van der Waals surface area contributed by atoms with Crippen molar-refractivity contribution in [1.29, 1.82) is 0 Å². The van der Waals surface area contributed by atoms with E-state index < -0.39 is 44.5 Å². The number of anilines is 1. The van der Waals surface area contributed by atoms with Crippen molar-refractivity contribution >= 4 is 24.5 Å². The lowest BCUT2D eigenvalue weighted by atomic mass is 10.3. The summed E-state index contributed by atoms with van der Waals surface area (Å²) in [6.45, 7) is 3.50. The number of aromatic nitrogens is 4. The molecule has 186 valence electrons. The molecule has 2 aliphatic rings. The molecule has 1 aromatic carbocycles. The van der Waals surface area contributed by atoms with Crippen molar-refractivity contribution in [3.05, 3.63) is 54.9 Å². The van der Waals surface area contributed by atoms with Crippen LogP contribution in [0.15, 0.2) is 54.9 Å². The topological polar surface area (TPSA) is 145 Å². The molecule has 1 saturated heterocycles. The summed E-state index contributed by atoms with van der Waals surface area (Å²) in [6.07, 6.45) is 0.0600.